The van der Waals surface area contributed by atoms with Crippen molar-refractivity contribution < 1.29 is 14.2 Å². The summed E-state index contributed by atoms with van der Waals surface area (Å²) in [6, 6.07) is 3.97. The molecule has 1 heterocycles. The van der Waals surface area contributed by atoms with Crippen LogP contribution in [0.4, 0.5) is 4.39 Å². The molecule has 4 heteroatoms. The van der Waals surface area contributed by atoms with E-state index in [0.717, 1.165) is 6.42 Å². The molecule has 2 rings (SSSR count). The second kappa shape index (κ2) is 4.21. The van der Waals surface area contributed by atoms with Gasteiger partial charge in [0.15, 0.2) is 0 Å². The van der Waals surface area contributed by atoms with E-state index in [2.05, 4.69) is 0 Å². The predicted octanol–water partition coefficient (Wildman–Crippen LogP) is 2.82. The van der Waals surface area contributed by atoms with E-state index < -0.39 is 11.9 Å². The van der Waals surface area contributed by atoms with Gasteiger partial charge in [0.05, 0.1) is 6.61 Å². The summed E-state index contributed by atoms with van der Waals surface area (Å²) >= 11 is 5.69. The zero-order valence-corrected chi connectivity index (χ0v) is 8.67. The molecule has 80 valence electrons. The molecule has 0 aliphatic carbocycles. The Bertz CT molecular complexity index is 383. The first-order valence-corrected chi connectivity index (χ1v) is 5.01. The van der Waals surface area contributed by atoms with Crippen LogP contribution in [-0.2, 0) is 4.74 Å². The fourth-order valence-corrected chi connectivity index (χ4v) is 1.75. The minimum Gasteiger partial charge on any atom is -0.495 e. The molecule has 15 heavy (non-hydrogen) atoms. The Morgan fingerprint density at radius 1 is 1.40 bits per heavy atom. The number of hydrogen-bond donors (Lipinski definition) is 1. The van der Waals surface area contributed by atoms with Crippen LogP contribution in [-0.4, -0.2) is 11.7 Å². The molecule has 0 fully saturated rings. The van der Waals surface area contributed by atoms with Gasteiger partial charge in [0.1, 0.15) is 17.7 Å². The third kappa shape index (κ3) is 2.30. The van der Waals surface area contributed by atoms with E-state index >= 15 is 0 Å². The minimum atomic E-state index is -0.930. The van der Waals surface area contributed by atoms with Gasteiger partial charge in [-0.05, 0) is 29.8 Å². The van der Waals surface area contributed by atoms with Gasteiger partial charge in [0.25, 0.3) is 0 Å². The summed E-state index contributed by atoms with van der Waals surface area (Å²) in [5, 5.41) is 10.1. The highest BCUT2D eigenvalue weighted by Gasteiger charge is 2.18. The van der Waals surface area contributed by atoms with Crippen molar-refractivity contribution in [2.75, 3.05) is 6.61 Å². The highest BCUT2D eigenvalue weighted by Crippen LogP contribution is 2.28. The summed E-state index contributed by atoms with van der Waals surface area (Å²) in [7, 11) is 0. The summed E-state index contributed by atoms with van der Waals surface area (Å²) in [5.41, 5.74) is 0.410. The lowest BCUT2D eigenvalue weighted by atomic mass is 10.1. The van der Waals surface area contributed by atoms with Gasteiger partial charge in [-0.2, -0.15) is 0 Å². The van der Waals surface area contributed by atoms with Gasteiger partial charge in [-0.3, -0.25) is 0 Å². The summed E-state index contributed by atoms with van der Waals surface area (Å²) in [4.78, 5) is 0. The molecule has 0 amide bonds. The first-order chi connectivity index (χ1) is 7.16. The molecular weight excluding hydrogens is 219 g/mol. The van der Waals surface area contributed by atoms with Crippen LogP contribution in [0.1, 0.15) is 18.1 Å². The highest BCUT2D eigenvalue weighted by molar-refractivity contribution is 6.30. The molecule has 1 N–H and O–H groups in total. The van der Waals surface area contributed by atoms with E-state index in [0.29, 0.717) is 17.9 Å². The monoisotopic (exact) mass is 228 g/mol. The summed E-state index contributed by atoms with van der Waals surface area (Å²) < 4.78 is 18.2. The smallest absolute Gasteiger partial charge is 0.136 e. The molecule has 0 bridgehead atoms. The van der Waals surface area contributed by atoms with Crippen LogP contribution >= 0.6 is 11.6 Å². The fourth-order valence-electron chi connectivity index (χ4n) is 1.52. The Balaban J connectivity index is 2.28. The molecule has 1 atom stereocenters. The lowest BCUT2D eigenvalue weighted by Gasteiger charge is -2.12. The van der Waals surface area contributed by atoms with Gasteiger partial charge in [0, 0.05) is 11.4 Å². The van der Waals surface area contributed by atoms with Crippen LogP contribution in [0.25, 0.3) is 0 Å². The topological polar surface area (TPSA) is 29.5 Å². The largest absolute Gasteiger partial charge is 0.495 e. The van der Waals surface area contributed by atoms with E-state index in [1.54, 1.807) is 6.08 Å². The van der Waals surface area contributed by atoms with Crippen molar-refractivity contribution >= 4 is 11.6 Å². The van der Waals surface area contributed by atoms with Crippen LogP contribution in [0.15, 0.2) is 30.0 Å². The quantitative estimate of drug-likeness (QED) is 0.844. The van der Waals surface area contributed by atoms with Crippen molar-refractivity contribution in [3.8, 4) is 0 Å². The molecule has 1 aliphatic heterocycles. The molecule has 1 aromatic carbocycles. The molecule has 0 radical (unpaired) electrons. The number of ether oxygens (including phenoxy) is 1. The van der Waals surface area contributed by atoms with Gasteiger partial charge < -0.3 is 9.84 Å². The number of aliphatic hydroxyl groups is 1. The van der Waals surface area contributed by atoms with E-state index in [-0.39, 0.29) is 5.02 Å². The molecule has 0 spiro atoms. The maximum absolute atomic E-state index is 13.0. The van der Waals surface area contributed by atoms with E-state index in [1.165, 1.54) is 18.2 Å². The van der Waals surface area contributed by atoms with Crippen molar-refractivity contribution in [2.24, 2.45) is 0 Å². The maximum Gasteiger partial charge on any atom is 0.136 e. The van der Waals surface area contributed by atoms with Gasteiger partial charge in [-0.15, -0.1) is 0 Å². The van der Waals surface area contributed by atoms with Crippen molar-refractivity contribution in [1.82, 2.24) is 0 Å². The average Bonchev–Trinajstić information content (AvgIpc) is 2.67. The van der Waals surface area contributed by atoms with Gasteiger partial charge >= 0.3 is 0 Å². The minimum absolute atomic E-state index is 0.266. The van der Waals surface area contributed by atoms with Crippen LogP contribution in [0, 0.1) is 5.82 Å². The average molecular weight is 229 g/mol. The van der Waals surface area contributed by atoms with Crippen LogP contribution in [0.3, 0.4) is 0 Å². The molecule has 0 saturated carbocycles. The summed E-state index contributed by atoms with van der Waals surface area (Å²) in [5.74, 6) is 0.00631. The second-order valence-electron chi connectivity index (χ2n) is 3.35. The molecule has 1 aliphatic rings. The van der Waals surface area contributed by atoms with Gasteiger partial charge in [-0.1, -0.05) is 11.6 Å². The molecular formula is C11H10ClFO2. The Hall–Kier alpha value is -1.06. The standard InChI is InChI=1S/C11H10ClFO2/c12-8-4-7(5-9(13)6-8)11(14)10-2-1-3-15-10/h2,4-6,11,14H,1,3H2. The predicted molar refractivity (Wildman–Crippen MR) is 55.0 cm³/mol. The SMILES string of the molecule is OC(C1=CCCO1)c1cc(F)cc(Cl)c1. The van der Waals surface area contributed by atoms with Crippen LogP contribution in [0.2, 0.25) is 5.02 Å². The number of hydrogen-bond acceptors (Lipinski definition) is 2. The van der Waals surface area contributed by atoms with Crippen molar-refractivity contribution in [2.45, 2.75) is 12.5 Å². The molecule has 0 saturated heterocycles. The van der Waals surface area contributed by atoms with Gasteiger partial charge in [-0.25, -0.2) is 4.39 Å². The van der Waals surface area contributed by atoms with E-state index in [4.69, 9.17) is 16.3 Å². The van der Waals surface area contributed by atoms with Gasteiger partial charge in [0.2, 0.25) is 0 Å². The van der Waals surface area contributed by atoms with E-state index in [1.807, 2.05) is 0 Å². The Kier molecular flexibility index (Phi) is 2.93. The summed E-state index contributed by atoms with van der Waals surface area (Å²) in [6.45, 7) is 0.565. The zero-order chi connectivity index (χ0) is 10.8. The van der Waals surface area contributed by atoms with Crippen LogP contribution in [0.5, 0.6) is 0 Å². The Morgan fingerprint density at radius 2 is 2.20 bits per heavy atom. The molecule has 2 nitrogen and oxygen atoms in total. The van der Waals surface area contributed by atoms with Crippen molar-refractivity contribution in [3.05, 3.63) is 46.4 Å². The fraction of sp³-hybridized carbons (Fsp3) is 0.273. The zero-order valence-electron chi connectivity index (χ0n) is 7.91. The third-order valence-corrected chi connectivity index (χ3v) is 2.42. The first-order valence-electron chi connectivity index (χ1n) is 4.64. The highest BCUT2D eigenvalue weighted by atomic mass is 35.5. The van der Waals surface area contributed by atoms with Crippen molar-refractivity contribution in [3.63, 3.8) is 0 Å². The normalized spacial score (nSPS) is 17.1. The number of rotatable bonds is 2. The van der Waals surface area contributed by atoms with E-state index in [9.17, 15) is 9.50 Å². The Labute approximate surface area is 91.9 Å². The van der Waals surface area contributed by atoms with Crippen LogP contribution < -0.4 is 0 Å². The Morgan fingerprint density at radius 3 is 2.80 bits per heavy atom. The third-order valence-electron chi connectivity index (χ3n) is 2.20. The molecule has 1 unspecified atom stereocenters. The van der Waals surface area contributed by atoms with Crippen molar-refractivity contribution in [1.29, 1.82) is 0 Å². The maximum atomic E-state index is 13.0. The summed E-state index contributed by atoms with van der Waals surface area (Å²) in [6.07, 6.45) is 1.64. The lowest BCUT2D eigenvalue weighted by molar-refractivity contribution is 0.118. The number of benzene rings is 1. The lowest BCUT2D eigenvalue weighted by Crippen LogP contribution is -2.02. The molecule has 1 aromatic rings. The number of aliphatic hydroxyl groups excluding tert-OH is 1. The second-order valence-corrected chi connectivity index (χ2v) is 3.79. The molecule has 0 aromatic heterocycles. The first kappa shape index (κ1) is 10.5. The number of halogens is 2.